The molecule has 0 saturated carbocycles. The van der Waals surface area contributed by atoms with E-state index in [9.17, 15) is 9.59 Å². The molecule has 0 aromatic heterocycles. The highest BCUT2D eigenvalue weighted by Gasteiger charge is 2.19. The second-order valence-corrected chi connectivity index (χ2v) is 6.81. The molecule has 0 spiro atoms. The van der Waals surface area contributed by atoms with E-state index in [1.165, 1.54) is 0 Å². The molecule has 0 bridgehead atoms. The summed E-state index contributed by atoms with van der Waals surface area (Å²) in [4.78, 5) is 27.3. The minimum atomic E-state index is -0.378. The summed E-state index contributed by atoms with van der Waals surface area (Å²) in [7, 11) is 0. The average Bonchev–Trinajstić information content (AvgIpc) is 2.75. The molecule has 1 aliphatic rings. The third kappa shape index (κ3) is 6.18. The summed E-state index contributed by atoms with van der Waals surface area (Å²) in [5, 5.41) is 5.96. The Morgan fingerprint density at radius 1 is 0.964 bits per heavy atom. The van der Waals surface area contributed by atoms with Gasteiger partial charge in [0.05, 0.1) is 25.7 Å². The molecule has 1 saturated heterocycles. The lowest BCUT2D eigenvalue weighted by Gasteiger charge is -2.26. The third-order valence-corrected chi connectivity index (χ3v) is 4.79. The molecule has 6 heteroatoms. The van der Waals surface area contributed by atoms with Crippen molar-refractivity contribution in [2.45, 2.75) is 12.5 Å². The molecule has 1 heterocycles. The molecule has 28 heavy (non-hydrogen) atoms. The lowest BCUT2D eigenvalue weighted by molar-refractivity contribution is -0.121. The quantitative estimate of drug-likeness (QED) is 0.734. The predicted molar refractivity (Wildman–Crippen MR) is 108 cm³/mol. The van der Waals surface area contributed by atoms with Gasteiger partial charge in [0.25, 0.3) is 5.91 Å². The maximum atomic E-state index is 12.6. The van der Waals surface area contributed by atoms with Gasteiger partial charge in [-0.05, 0) is 17.7 Å². The third-order valence-electron chi connectivity index (χ3n) is 4.79. The number of hydrogen-bond donors (Lipinski definition) is 2. The maximum absolute atomic E-state index is 12.6. The molecule has 3 rings (SSSR count). The van der Waals surface area contributed by atoms with Crippen molar-refractivity contribution in [1.82, 2.24) is 15.5 Å². The molecule has 1 atom stereocenters. The van der Waals surface area contributed by atoms with Gasteiger partial charge < -0.3 is 15.4 Å². The van der Waals surface area contributed by atoms with Gasteiger partial charge in [-0.1, -0.05) is 48.5 Å². The molecular weight excluding hydrogens is 354 g/mol. The van der Waals surface area contributed by atoms with E-state index >= 15 is 0 Å². The number of morpholine rings is 1. The zero-order valence-electron chi connectivity index (χ0n) is 16.0. The van der Waals surface area contributed by atoms with Crippen LogP contribution in [-0.4, -0.2) is 56.1 Å². The first-order valence-corrected chi connectivity index (χ1v) is 9.70. The minimum absolute atomic E-state index is 0.0736. The summed E-state index contributed by atoms with van der Waals surface area (Å²) in [6, 6.07) is 18.3. The van der Waals surface area contributed by atoms with Gasteiger partial charge >= 0.3 is 0 Å². The Bertz CT molecular complexity index is 746. The van der Waals surface area contributed by atoms with Gasteiger partial charge in [0.15, 0.2) is 0 Å². The van der Waals surface area contributed by atoms with Crippen molar-refractivity contribution in [2.24, 2.45) is 0 Å². The Labute approximate surface area is 165 Å². The lowest BCUT2D eigenvalue weighted by Crippen LogP contribution is -2.42. The fourth-order valence-electron chi connectivity index (χ4n) is 3.20. The van der Waals surface area contributed by atoms with Crippen LogP contribution < -0.4 is 10.6 Å². The van der Waals surface area contributed by atoms with Crippen LogP contribution in [0.25, 0.3) is 0 Å². The van der Waals surface area contributed by atoms with Gasteiger partial charge in [-0.3, -0.25) is 14.5 Å². The van der Waals surface area contributed by atoms with E-state index < -0.39 is 0 Å². The van der Waals surface area contributed by atoms with Crippen molar-refractivity contribution >= 4 is 11.8 Å². The van der Waals surface area contributed by atoms with Crippen LogP contribution in [-0.2, 0) is 9.53 Å². The van der Waals surface area contributed by atoms with Gasteiger partial charge in [-0.25, -0.2) is 0 Å². The zero-order valence-corrected chi connectivity index (χ0v) is 16.0. The first kappa shape index (κ1) is 20.0. The number of ether oxygens (including phenoxy) is 1. The highest BCUT2D eigenvalue weighted by Crippen LogP contribution is 2.17. The normalized spacial score (nSPS) is 15.6. The van der Waals surface area contributed by atoms with Crippen molar-refractivity contribution in [1.29, 1.82) is 0 Å². The Morgan fingerprint density at radius 2 is 1.61 bits per heavy atom. The molecule has 6 nitrogen and oxygen atoms in total. The smallest absolute Gasteiger partial charge is 0.251 e. The highest BCUT2D eigenvalue weighted by molar-refractivity contribution is 5.94. The van der Waals surface area contributed by atoms with Crippen LogP contribution in [0.5, 0.6) is 0 Å². The number of amides is 2. The van der Waals surface area contributed by atoms with Crippen LogP contribution in [0.15, 0.2) is 60.7 Å². The van der Waals surface area contributed by atoms with E-state index in [1.54, 1.807) is 12.1 Å². The van der Waals surface area contributed by atoms with Crippen LogP contribution in [0.2, 0.25) is 0 Å². The molecule has 1 aliphatic heterocycles. The van der Waals surface area contributed by atoms with Gasteiger partial charge in [0.2, 0.25) is 5.91 Å². The molecular formula is C22H27N3O3. The van der Waals surface area contributed by atoms with Crippen molar-refractivity contribution in [3.8, 4) is 0 Å². The fraction of sp³-hybridized carbons (Fsp3) is 0.364. The van der Waals surface area contributed by atoms with Crippen molar-refractivity contribution in [2.75, 3.05) is 39.4 Å². The summed E-state index contributed by atoms with van der Waals surface area (Å²) < 4.78 is 5.33. The monoisotopic (exact) mass is 381 g/mol. The van der Waals surface area contributed by atoms with Crippen LogP contribution in [0.1, 0.15) is 28.4 Å². The molecule has 0 radical (unpaired) electrons. The second-order valence-electron chi connectivity index (χ2n) is 6.81. The molecule has 1 fully saturated rings. The van der Waals surface area contributed by atoms with Gasteiger partial charge in [0, 0.05) is 31.7 Å². The first-order valence-electron chi connectivity index (χ1n) is 9.70. The topological polar surface area (TPSA) is 70.7 Å². The molecule has 148 valence electrons. The van der Waals surface area contributed by atoms with Crippen molar-refractivity contribution < 1.29 is 14.3 Å². The molecule has 2 amide bonds. The number of hydrogen-bond acceptors (Lipinski definition) is 4. The molecule has 2 N–H and O–H groups in total. The number of benzene rings is 2. The van der Waals surface area contributed by atoms with Gasteiger partial charge in [-0.2, -0.15) is 0 Å². The van der Waals surface area contributed by atoms with Crippen LogP contribution in [0, 0.1) is 0 Å². The van der Waals surface area contributed by atoms with Crippen molar-refractivity contribution in [3.63, 3.8) is 0 Å². The maximum Gasteiger partial charge on any atom is 0.251 e. The Kier molecular flexibility index (Phi) is 7.58. The summed E-state index contributed by atoms with van der Waals surface area (Å²) in [6.45, 7) is 4.69. The van der Waals surface area contributed by atoms with E-state index in [0.717, 1.165) is 38.4 Å². The number of nitrogens with zero attached hydrogens (tertiary/aromatic N) is 1. The standard InChI is InChI=1S/C22H27N3O3/c26-21(23-11-12-25-13-15-28-16-14-25)17-20(18-7-3-1-4-8-18)24-22(27)19-9-5-2-6-10-19/h1-10,20H,11-17H2,(H,23,26)(H,24,27)/t20-/m1/s1. The molecule has 0 unspecified atom stereocenters. The zero-order chi connectivity index (χ0) is 19.6. The van der Waals surface area contributed by atoms with E-state index in [0.29, 0.717) is 12.1 Å². The number of rotatable bonds is 8. The van der Waals surface area contributed by atoms with Gasteiger partial charge in [0.1, 0.15) is 0 Å². The van der Waals surface area contributed by atoms with Crippen LogP contribution in [0.3, 0.4) is 0 Å². The lowest BCUT2D eigenvalue weighted by atomic mass is 10.0. The van der Waals surface area contributed by atoms with E-state index in [4.69, 9.17) is 4.74 Å². The predicted octanol–water partition coefficient (Wildman–Crippen LogP) is 2.00. The highest BCUT2D eigenvalue weighted by atomic mass is 16.5. The molecule has 2 aromatic rings. The summed E-state index contributed by atoms with van der Waals surface area (Å²) in [6.07, 6.45) is 0.200. The second kappa shape index (κ2) is 10.6. The largest absolute Gasteiger partial charge is 0.379 e. The van der Waals surface area contributed by atoms with E-state index in [1.807, 2.05) is 48.5 Å². The van der Waals surface area contributed by atoms with E-state index in [2.05, 4.69) is 15.5 Å². The van der Waals surface area contributed by atoms with Crippen molar-refractivity contribution in [3.05, 3.63) is 71.8 Å². The van der Waals surface area contributed by atoms with Crippen LogP contribution >= 0.6 is 0 Å². The van der Waals surface area contributed by atoms with Crippen LogP contribution in [0.4, 0.5) is 0 Å². The minimum Gasteiger partial charge on any atom is -0.379 e. The number of carbonyl (C=O) groups excluding carboxylic acids is 2. The fourth-order valence-corrected chi connectivity index (χ4v) is 3.20. The number of nitrogens with one attached hydrogen (secondary N) is 2. The van der Waals surface area contributed by atoms with Gasteiger partial charge in [-0.15, -0.1) is 0 Å². The Hall–Kier alpha value is -2.70. The summed E-state index contributed by atoms with van der Waals surface area (Å²) >= 11 is 0. The molecule has 2 aromatic carbocycles. The Morgan fingerprint density at radius 3 is 2.29 bits per heavy atom. The number of carbonyl (C=O) groups is 2. The van der Waals surface area contributed by atoms with E-state index in [-0.39, 0.29) is 24.3 Å². The Balaban J connectivity index is 1.56. The summed E-state index contributed by atoms with van der Waals surface area (Å²) in [5.41, 5.74) is 1.49. The first-order chi connectivity index (χ1) is 13.7. The SMILES string of the molecule is O=C(C[C@@H](NC(=O)c1ccccc1)c1ccccc1)NCCN1CCOCC1. The molecule has 0 aliphatic carbocycles. The summed E-state index contributed by atoms with van der Waals surface area (Å²) in [5.74, 6) is -0.258. The average molecular weight is 381 g/mol.